The first kappa shape index (κ1) is 17.1. The molecule has 0 bridgehead atoms. The van der Waals surface area contributed by atoms with Crippen LogP contribution in [0.25, 0.3) is 0 Å². The van der Waals surface area contributed by atoms with E-state index in [1.807, 2.05) is 7.05 Å². The van der Waals surface area contributed by atoms with Crippen molar-refractivity contribution in [3.05, 3.63) is 35.9 Å². The fourth-order valence-electron chi connectivity index (χ4n) is 2.00. The van der Waals surface area contributed by atoms with Crippen molar-refractivity contribution >= 4 is 17.8 Å². The molecule has 0 aromatic carbocycles. The lowest BCUT2D eigenvalue weighted by molar-refractivity contribution is 0.208. The van der Waals surface area contributed by atoms with E-state index >= 15 is 0 Å². The molecule has 112 valence electrons. The van der Waals surface area contributed by atoms with Gasteiger partial charge in [-0.25, -0.2) is 4.39 Å². The molecule has 5 heteroatoms. The van der Waals surface area contributed by atoms with Gasteiger partial charge in [0.1, 0.15) is 6.17 Å². The van der Waals surface area contributed by atoms with E-state index in [1.54, 1.807) is 24.4 Å². The quantitative estimate of drug-likeness (QED) is 0.578. The van der Waals surface area contributed by atoms with Crippen molar-refractivity contribution in [2.75, 3.05) is 26.8 Å². The summed E-state index contributed by atoms with van der Waals surface area (Å²) in [6, 6.07) is 0.649. The molecule has 1 aliphatic heterocycles. The molecule has 3 nitrogen and oxygen atoms in total. The maximum atomic E-state index is 12.9. The second kappa shape index (κ2) is 10.8. The largest absolute Gasteiger partial charge is 0.317 e. The maximum absolute atomic E-state index is 12.9. The Morgan fingerprint density at radius 1 is 1.30 bits per heavy atom. The van der Waals surface area contributed by atoms with Crippen LogP contribution in [0.2, 0.25) is 0 Å². The lowest BCUT2D eigenvalue weighted by Gasteiger charge is -2.30. The molecular formula is C15H23ClFN3. The molecule has 1 N–H and O–H groups in total. The maximum Gasteiger partial charge on any atom is 0.138 e. The predicted molar refractivity (Wildman–Crippen MR) is 85.2 cm³/mol. The van der Waals surface area contributed by atoms with Crippen molar-refractivity contribution in [2.45, 2.75) is 25.1 Å². The first-order valence-corrected chi connectivity index (χ1v) is 7.33. The third kappa shape index (κ3) is 7.58. The highest BCUT2D eigenvalue weighted by molar-refractivity contribution is 6.25. The first-order valence-electron chi connectivity index (χ1n) is 6.90. The molecule has 0 spiro atoms. The average Bonchev–Trinajstić information content (AvgIpc) is 2.47. The topological polar surface area (TPSA) is 27.6 Å². The average molecular weight is 300 g/mol. The van der Waals surface area contributed by atoms with E-state index in [2.05, 4.69) is 15.2 Å². The molecule has 1 atom stereocenters. The molecule has 1 heterocycles. The first-order chi connectivity index (χ1) is 9.76. The summed E-state index contributed by atoms with van der Waals surface area (Å²) in [4.78, 5) is 6.66. The van der Waals surface area contributed by atoms with Crippen LogP contribution in [-0.2, 0) is 0 Å². The second-order valence-electron chi connectivity index (χ2n) is 4.69. The summed E-state index contributed by atoms with van der Waals surface area (Å²) < 4.78 is 12.9. The molecule has 0 aromatic rings. The third-order valence-corrected chi connectivity index (χ3v) is 3.39. The van der Waals surface area contributed by atoms with Gasteiger partial charge in [-0.05, 0) is 38.1 Å². The van der Waals surface area contributed by atoms with Crippen molar-refractivity contribution in [1.82, 2.24) is 10.2 Å². The van der Waals surface area contributed by atoms with E-state index in [0.717, 1.165) is 19.8 Å². The van der Waals surface area contributed by atoms with Gasteiger partial charge in [0.25, 0.3) is 0 Å². The van der Waals surface area contributed by atoms with Crippen LogP contribution >= 0.6 is 11.6 Å². The van der Waals surface area contributed by atoms with Crippen LogP contribution in [0.5, 0.6) is 0 Å². The molecule has 1 fully saturated rings. The Hall–Kier alpha value is -0.970. The molecule has 0 saturated carbocycles. The number of allylic oxidation sites excluding steroid dienone is 5. The zero-order valence-electron chi connectivity index (χ0n) is 11.9. The van der Waals surface area contributed by atoms with Gasteiger partial charge in [-0.2, -0.15) is 0 Å². The highest BCUT2D eigenvalue weighted by Crippen LogP contribution is 2.09. The number of piperidine rings is 1. The lowest BCUT2D eigenvalue weighted by Crippen LogP contribution is -2.41. The monoisotopic (exact) mass is 299 g/mol. The van der Waals surface area contributed by atoms with Gasteiger partial charge >= 0.3 is 0 Å². The van der Waals surface area contributed by atoms with E-state index in [0.29, 0.717) is 6.04 Å². The summed E-state index contributed by atoms with van der Waals surface area (Å²) in [5.74, 6) is 0. The van der Waals surface area contributed by atoms with Crippen LogP contribution in [0, 0.1) is 0 Å². The van der Waals surface area contributed by atoms with Crippen molar-refractivity contribution in [3.63, 3.8) is 0 Å². The fourth-order valence-corrected chi connectivity index (χ4v) is 2.14. The van der Waals surface area contributed by atoms with Crippen LogP contribution < -0.4 is 5.32 Å². The summed E-state index contributed by atoms with van der Waals surface area (Å²) in [7, 11) is 2.02. The molecule has 0 amide bonds. The number of alkyl halides is 1. The van der Waals surface area contributed by atoms with Crippen molar-refractivity contribution < 1.29 is 4.39 Å². The molecule has 1 unspecified atom stereocenters. The van der Waals surface area contributed by atoms with E-state index in [9.17, 15) is 4.39 Å². The molecule has 1 rings (SSSR count). The highest BCUT2D eigenvalue weighted by atomic mass is 35.5. The summed E-state index contributed by atoms with van der Waals surface area (Å²) in [5.41, 5.74) is 1.18. The molecule has 1 saturated heterocycles. The number of nitrogens with one attached hydrogen (secondary N) is 1. The van der Waals surface area contributed by atoms with Gasteiger partial charge in [-0.3, -0.25) is 9.89 Å². The minimum Gasteiger partial charge on any atom is -0.317 e. The van der Waals surface area contributed by atoms with Crippen LogP contribution in [0.1, 0.15) is 12.8 Å². The Morgan fingerprint density at radius 2 is 2.05 bits per heavy atom. The van der Waals surface area contributed by atoms with Crippen molar-refractivity contribution in [3.8, 4) is 0 Å². The van der Waals surface area contributed by atoms with Gasteiger partial charge < -0.3 is 5.32 Å². The van der Waals surface area contributed by atoms with Gasteiger partial charge in [-0.1, -0.05) is 23.8 Å². The van der Waals surface area contributed by atoms with Crippen molar-refractivity contribution in [2.24, 2.45) is 4.99 Å². The summed E-state index contributed by atoms with van der Waals surface area (Å²) in [5, 5.41) is 3.31. The van der Waals surface area contributed by atoms with E-state index in [1.165, 1.54) is 30.5 Å². The Balaban J connectivity index is 2.16. The summed E-state index contributed by atoms with van der Waals surface area (Å²) in [6.45, 7) is 2.90. The SMILES string of the molecule is CNC1CCN(C/N=C/C=C/C=CC(F)/C=C/Cl)CC1. The van der Waals surface area contributed by atoms with Crippen molar-refractivity contribution in [1.29, 1.82) is 0 Å². The normalized spacial score (nSPS) is 20.9. The minimum atomic E-state index is -1.14. The zero-order chi connectivity index (χ0) is 14.6. The number of likely N-dealkylation sites (tertiary alicyclic amines) is 1. The fraction of sp³-hybridized carbons (Fsp3) is 0.533. The number of rotatable bonds is 7. The highest BCUT2D eigenvalue weighted by Gasteiger charge is 2.16. The van der Waals surface area contributed by atoms with E-state index < -0.39 is 6.17 Å². The van der Waals surface area contributed by atoms with Crippen LogP contribution in [0.4, 0.5) is 4.39 Å². The smallest absolute Gasteiger partial charge is 0.138 e. The molecule has 20 heavy (non-hydrogen) atoms. The number of hydrogen-bond donors (Lipinski definition) is 1. The summed E-state index contributed by atoms with van der Waals surface area (Å²) in [6.07, 6.45) is 10.9. The minimum absolute atomic E-state index is 0.649. The third-order valence-electron chi connectivity index (χ3n) is 3.24. The van der Waals surface area contributed by atoms with Gasteiger partial charge in [-0.15, -0.1) is 0 Å². The number of nitrogens with zero attached hydrogens (tertiary/aromatic N) is 2. The van der Waals surface area contributed by atoms with Gasteiger partial charge in [0.05, 0.1) is 6.67 Å². The zero-order valence-corrected chi connectivity index (χ0v) is 12.6. The lowest BCUT2D eigenvalue weighted by atomic mass is 10.1. The number of halogens is 2. The molecule has 0 radical (unpaired) electrons. The second-order valence-corrected chi connectivity index (χ2v) is 4.94. The van der Waals surface area contributed by atoms with Crippen LogP contribution in [0.3, 0.4) is 0 Å². The van der Waals surface area contributed by atoms with Gasteiger partial charge in [0.15, 0.2) is 0 Å². The molecule has 0 aromatic heterocycles. The Kier molecular flexibility index (Phi) is 9.20. The van der Waals surface area contributed by atoms with Crippen LogP contribution in [-0.4, -0.2) is 50.1 Å². The molecule has 0 aliphatic carbocycles. The Bertz CT molecular complexity index is 358. The molecule has 1 aliphatic rings. The van der Waals surface area contributed by atoms with E-state index in [4.69, 9.17) is 11.6 Å². The van der Waals surface area contributed by atoms with Gasteiger partial charge in [0, 0.05) is 30.9 Å². The number of hydrogen-bond acceptors (Lipinski definition) is 3. The molecular weight excluding hydrogens is 277 g/mol. The predicted octanol–water partition coefficient (Wildman–Crippen LogP) is 2.90. The Morgan fingerprint density at radius 3 is 2.70 bits per heavy atom. The standard InChI is InChI=1S/C15H23ClFN3/c1-18-15-7-11-20(12-8-15)13-19-10-4-2-3-5-14(17)6-9-16/h2-6,9-10,14-15,18H,7-8,11-13H2,1H3/b4-2+,5-3?,9-6+,19-10+. The van der Waals surface area contributed by atoms with E-state index in [-0.39, 0.29) is 0 Å². The summed E-state index contributed by atoms with van der Waals surface area (Å²) >= 11 is 5.27. The van der Waals surface area contributed by atoms with Crippen LogP contribution in [0.15, 0.2) is 40.9 Å². The Labute approximate surface area is 125 Å². The van der Waals surface area contributed by atoms with Gasteiger partial charge in [0.2, 0.25) is 0 Å². The number of aliphatic imine (C=N–C) groups is 1.